The largest absolute Gasteiger partial charge is 0.338 e. The monoisotopic (exact) mass is 299 g/mol. The van der Waals surface area contributed by atoms with Crippen LogP contribution in [0.25, 0.3) is 0 Å². The van der Waals surface area contributed by atoms with E-state index in [9.17, 15) is 9.59 Å². The lowest BCUT2D eigenvalue weighted by Gasteiger charge is -2.27. The third-order valence-electron chi connectivity index (χ3n) is 4.01. The Hall–Kier alpha value is -1.94. The highest BCUT2D eigenvalue weighted by Crippen LogP contribution is 2.31. The van der Waals surface area contributed by atoms with E-state index in [1.54, 1.807) is 11.3 Å². The zero-order valence-electron chi connectivity index (χ0n) is 12.0. The predicted molar refractivity (Wildman–Crippen MR) is 83.7 cm³/mol. The van der Waals surface area contributed by atoms with Crippen molar-refractivity contribution in [2.75, 3.05) is 6.54 Å². The minimum atomic E-state index is 0.158. The maximum absolute atomic E-state index is 12.4. The number of hydrogen-bond acceptors (Lipinski definition) is 3. The van der Waals surface area contributed by atoms with E-state index < -0.39 is 0 Å². The maximum Gasteiger partial charge on any atom is 0.227 e. The molecule has 1 aliphatic heterocycles. The zero-order chi connectivity index (χ0) is 14.8. The van der Waals surface area contributed by atoms with E-state index in [1.807, 2.05) is 42.2 Å². The molecule has 1 aliphatic rings. The number of carbonyl (C=O) groups excluding carboxylic acids is 2. The molecule has 1 aromatic carbocycles. The summed E-state index contributed by atoms with van der Waals surface area (Å²) >= 11 is 1.57. The van der Waals surface area contributed by atoms with Gasteiger partial charge < -0.3 is 4.90 Å². The Labute approximate surface area is 128 Å². The van der Waals surface area contributed by atoms with Gasteiger partial charge in [-0.3, -0.25) is 9.59 Å². The standard InChI is InChI=1S/C17H17NO2S/c1-12-14-10-18(8-7-15(14)21-16(12)11-19)17(20)9-13-5-3-2-4-6-13/h2-6,11H,7-10H2,1H3. The van der Waals surface area contributed by atoms with Crippen molar-refractivity contribution < 1.29 is 9.59 Å². The third-order valence-corrected chi connectivity index (χ3v) is 5.33. The van der Waals surface area contributed by atoms with Crippen LogP contribution in [0, 0.1) is 6.92 Å². The van der Waals surface area contributed by atoms with Crippen LogP contribution in [0.3, 0.4) is 0 Å². The fourth-order valence-corrected chi connectivity index (χ4v) is 3.88. The molecule has 0 saturated carbocycles. The van der Waals surface area contributed by atoms with Gasteiger partial charge in [0, 0.05) is 18.0 Å². The molecule has 0 spiro atoms. The molecule has 1 amide bonds. The van der Waals surface area contributed by atoms with Crippen molar-refractivity contribution in [3.63, 3.8) is 0 Å². The predicted octanol–water partition coefficient (Wildman–Crippen LogP) is 3.00. The number of aldehydes is 1. The Kier molecular flexibility index (Phi) is 3.88. The summed E-state index contributed by atoms with van der Waals surface area (Å²) in [5, 5.41) is 0. The van der Waals surface area contributed by atoms with Crippen molar-refractivity contribution in [3.05, 3.63) is 56.8 Å². The van der Waals surface area contributed by atoms with Crippen LogP contribution < -0.4 is 0 Å². The topological polar surface area (TPSA) is 37.4 Å². The van der Waals surface area contributed by atoms with Crippen molar-refractivity contribution in [1.82, 2.24) is 4.90 Å². The van der Waals surface area contributed by atoms with E-state index >= 15 is 0 Å². The first-order chi connectivity index (χ1) is 10.2. The number of hydrogen-bond donors (Lipinski definition) is 0. The van der Waals surface area contributed by atoms with Crippen LogP contribution >= 0.6 is 11.3 Å². The Morgan fingerprint density at radius 3 is 2.81 bits per heavy atom. The third kappa shape index (κ3) is 2.76. The molecular formula is C17H17NO2S. The minimum Gasteiger partial charge on any atom is -0.338 e. The SMILES string of the molecule is Cc1c(C=O)sc2c1CN(C(=O)Cc1ccccc1)CC2. The number of thiophene rings is 1. The minimum absolute atomic E-state index is 0.158. The average Bonchev–Trinajstić information content (AvgIpc) is 2.84. The van der Waals surface area contributed by atoms with Gasteiger partial charge in [-0.15, -0.1) is 11.3 Å². The lowest BCUT2D eigenvalue weighted by molar-refractivity contribution is -0.131. The summed E-state index contributed by atoms with van der Waals surface area (Å²) in [7, 11) is 0. The summed E-state index contributed by atoms with van der Waals surface area (Å²) in [6.45, 7) is 3.36. The molecule has 3 rings (SSSR count). The molecule has 0 fully saturated rings. The highest BCUT2D eigenvalue weighted by molar-refractivity contribution is 7.14. The second kappa shape index (κ2) is 5.82. The highest BCUT2D eigenvalue weighted by atomic mass is 32.1. The molecule has 3 nitrogen and oxygen atoms in total. The summed E-state index contributed by atoms with van der Waals surface area (Å²) in [5.74, 6) is 0.158. The van der Waals surface area contributed by atoms with Gasteiger partial charge in [-0.05, 0) is 30.0 Å². The Morgan fingerprint density at radius 2 is 2.10 bits per heavy atom. The zero-order valence-corrected chi connectivity index (χ0v) is 12.8. The van der Waals surface area contributed by atoms with Crippen LogP contribution in [-0.4, -0.2) is 23.6 Å². The summed E-state index contributed by atoms with van der Waals surface area (Å²) in [5.41, 5.74) is 3.26. The quantitative estimate of drug-likeness (QED) is 0.817. The number of nitrogens with zero attached hydrogens (tertiary/aromatic N) is 1. The molecule has 21 heavy (non-hydrogen) atoms. The lowest BCUT2D eigenvalue weighted by atomic mass is 10.0. The average molecular weight is 299 g/mol. The summed E-state index contributed by atoms with van der Waals surface area (Å²) in [6, 6.07) is 9.82. The van der Waals surface area contributed by atoms with Gasteiger partial charge in [0.1, 0.15) is 0 Å². The van der Waals surface area contributed by atoms with Crippen molar-refractivity contribution in [1.29, 1.82) is 0 Å². The van der Waals surface area contributed by atoms with Crippen molar-refractivity contribution in [2.45, 2.75) is 26.3 Å². The molecule has 108 valence electrons. The molecule has 4 heteroatoms. The van der Waals surface area contributed by atoms with E-state index in [0.717, 1.165) is 35.3 Å². The molecule has 0 atom stereocenters. The first kappa shape index (κ1) is 14.0. The molecule has 0 unspecified atom stereocenters. The van der Waals surface area contributed by atoms with E-state index in [1.165, 1.54) is 10.4 Å². The maximum atomic E-state index is 12.4. The fourth-order valence-electron chi connectivity index (χ4n) is 2.75. The Balaban J connectivity index is 1.75. The van der Waals surface area contributed by atoms with Crippen molar-refractivity contribution in [3.8, 4) is 0 Å². The number of benzene rings is 1. The molecular weight excluding hydrogens is 282 g/mol. The molecule has 0 saturated heterocycles. The number of fused-ring (bicyclic) bond motifs is 1. The van der Waals surface area contributed by atoms with Gasteiger partial charge in [-0.2, -0.15) is 0 Å². The van der Waals surface area contributed by atoms with Crippen molar-refractivity contribution >= 4 is 23.5 Å². The number of carbonyl (C=O) groups is 2. The van der Waals surface area contributed by atoms with Gasteiger partial charge in [0.25, 0.3) is 0 Å². The molecule has 0 aliphatic carbocycles. The van der Waals surface area contributed by atoms with Crippen LogP contribution in [0.4, 0.5) is 0 Å². The second-order valence-corrected chi connectivity index (χ2v) is 6.48. The van der Waals surface area contributed by atoms with Crippen LogP contribution in [-0.2, 0) is 24.2 Å². The molecule has 0 N–H and O–H groups in total. The van der Waals surface area contributed by atoms with Crippen LogP contribution in [0.2, 0.25) is 0 Å². The Bertz CT molecular complexity index is 676. The molecule has 0 radical (unpaired) electrons. The van der Waals surface area contributed by atoms with E-state index in [4.69, 9.17) is 0 Å². The first-order valence-corrected chi connectivity index (χ1v) is 7.88. The summed E-state index contributed by atoms with van der Waals surface area (Å²) < 4.78 is 0. The normalized spacial score (nSPS) is 13.9. The fraction of sp³-hybridized carbons (Fsp3) is 0.294. The van der Waals surface area contributed by atoms with Gasteiger partial charge in [-0.25, -0.2) is 0 Å². The lowest BCUT2D eigenvalue weighted by Crippen LogP contribution is -2.36. The van der Waals surface area contributed by atoms with Gasteiger partial charge in [-0.1, -0.05) is 30.3 Å². The summed E-state index contributed by atoms with van der Waals surface area (Å²) in [6.07, 6.45) is 2.23. The van der Waals surface area contributed by atoms with E-state index in [2.05, 4.69) is 0 Å². The first-order valence-electron chi connectivity index (χ1n) is 7.07. The van der Waals surface area contributed by atoms with Gasteiger partial charge in [0.05, 0.1) is 11.3 Å². The van der Waals surface area contributed by atoms with Gasteiger partial charge in [0.15, 0.2) is 6.29 Å². The van der Waals surface area contributed by atoms with E-state index in [-0.39, 0.29) is 5.91 Å². The van der Waals surface area contributed by atoms with E-state index in [0.29, 0.717) is 13.0 Å². The van der Waals surface area contributed by atoms with Crippen LogP contribution in [0.15, 0.2) is 30.3 Å². The molecule has 2 aromatic rings. The van der Waals surface area contributed by atoms with Crippen LogP contribution in [0.1, 0.15) is 31.2 Å². The summed E-state index contributed by atoms with van der Waals surface area (Å²) in [4.78, 5) is 27.4. The number of amides is 1. The molecule has 2 heterocycles. The van der Waals surface area contributed by atoms with Gasteiger partial charge in [0.2, 0.25) is 5.91 Å². The number of rotatable bonds is 3. The second-order valence-electron chi connectivity index (χ2n) is 5.34. The Morgan fingerprint density at radius 1 is 1.33 bits per heavy atom. The van der Waals surface area contributed by atoms with Crippen LogP contribution in [0.5, 0.6) is 0 Å². The van der Waals surface area contributed by atoms with Crippen molar-refractivity contribution in [2.24, 2.45) is 0 Å². The molecule has 0 bridgehead atoms. The smallest absolute Gasteiger partial charge is 0.227 e. The molecule has 1 aromatic heterocycles. The van der Waals surface area contributed by atoms with Gasteiger partial charge >= 0.3 is 0 Å². The highest BCUT2D eigenvalue weighted by Gasteiger charge is 2.25.